The number of H-pyrrole nitrogens is 1. The monoisotopic (exact) mass is 306 g/mol. The minimum atomic E-state index is -0.591. The second-order valence-electron chi connectivity index (χ2n) is 4.64. The van der Waals surface area contributed by atoms with E-state index in [0.29, 0.717) is 11.6 Å². The molecule has 0 radical (unpaired) electrons. The smallest absolute Gasteiger partial charge is 0.230 e. The van der Waals surface area contributed by atoms with Crippen LogP contribution in [0.5, 0.6) is 0 Å². The van der Waals surface area contributed by atoms with Crippen LogP contribution in [0.1, 0.15) is 11.4 Å². The molecule has 21 heavy (non-hydrogen) atoms. The Hall–Kier alpha value is -1.86. The molecule has 3 N–H and O–H groups in total. The third-order valence-electron chi connectivity index (χ3n) is 2.76. The Balaban J connectivity index is 1.66. The predicted molar refractivity (Wildman–Crippen MR) is 81.0 cm³/mol. The highest BCUT2D eigenvalue weighted by Crippen LogP contribution is 2.11. The summed E-state index contributed by atoms with van der Waals surface area (Å²) in [6.07, 6.45) is -0.0684. The van der Waals surface area contributed by atoms with Crippen LogP contribution < -0.4 is 5.32 Å². The lowest BCUT2D eigenvalue weighted by atomic mass is 10.1. The molecule has 112 valence electrons. The first kappa shape index (κ1) is 15.5. The number of aliphatic hydroxyl groups is 1. The zero-order chi connectivity index (χ0) is 15.1. The number of aryl methyl sites for hydroxylation is 1. The second kappa shape index (κ2) is 7.80. The van der Waals surface area contributed by atoms with E-state index in [1.165, 1.54) is 11.8 Å². The number of carbonyl (C=O) groups is 1. The Kier molecular flexibility index (Phi) is 5.77. The standard InChI is InChI=1S/C14H18N4O2S/c1-10-16-14(18-17-10)21-9-13(20)15-8-12(19)7-11-5-3-2-4-6-11/h2-6,12,19H,7-9H2,1H3,(H,15,20)(H,16,17,18)/t12-/m1/s1. The van der Waals surface area contributed by atoms with E-state index in [1.54, 1.807) is 6.92 Å². The lowest BCUT2D eigenvalue weighted by Gasteiger charge is -2.11. The van der Waals surface area contributed by atoms with Crippen LogP contribution >= 0.6 is 11.8 Å². The third-order valence-corrected chi connectivity index (χ3v) is 3.61. The molecule has 1 atom stereocenters. The summed E-state index contributed by atoms with van der Waals surface area (Å²) in [5.74, 6) is 0.806. The predicted octanol–water partition coefficient (Wildman–Crippen LogP) is 0.925. The summed E-state index contributed by atoms with van der Waals surface area (Å²) in [5.41, 5.74) is 1.05. The number of aromatic amines is 1. The molecule has 1 heterocycles. The quantitative estimate of drug-likeness (QED) is 0.662. The number of nitrogens with zero attached hydrogens (tertiary/aromatic N) is 2. The number of aromatic nitrogens is 3. The number of benzene rings is 1. The SMILES string of the molecule is Cc1nc(SCC(=O)NC[C@H](O)Cc2ccccc2)n[nH]1. The van der Waals surface area contributed by atoms with Crippen molar-refractivity contribution in [3.63, 3.8) is 0 Å². The molecule has 1 aromatic carbocycles. The molecular weight excluding hydrogens is 288 g/mol. The van der Waals surface area contributed by atoms with Crippen LogP contribution in [0.3, 0.4) is 0 Å². The lowest BCUT2D eigenvalue weighted by molar-refractivity contribution is -0.119. The van der Waals surface area contributed by atoms with Gasteiger partial charge < -0.3 is 10.4 Å². The van der Waals surface area contributed by atoms with Gasteiger partial charge in [-0.1, -0.05) is 42.1 Å². The molecule has 0 saturated carbocycles. The molecule has 2 aromatic rings. The second-order valence-corrected chi connectivity index (χ2v) is 5.58. The van der Waals surface area contributed by atoms with Gasteiger partial charge in [0.25, 0.3) is 0 Å². The molecule has 1 aromatic heterocycles. The molecule has 0 fully saturated rings. The molecule has 0 aliphatic heterocycles. The van der Waals surface area contributed by atoms with Gasteiger partial charge in [-0.05, 0) is 12.5 Å². The maximum atomic E-state index is 11.7. The van der Waals surface area contributed by atoms with Crippen LogP contribution in [0.4, 0.5) is 0 Å². The largest absolute Gasteiger partial charge is 0.391 e. The first-order chi connectivity index (χ1) is 10.1. The minimum absolute atomic E-state index is 0.144. The molecule has 1 amide bonds. The summed E-state index contributed by atoms with van der Waals surface area (Å²) in [5, 5.41) is 19.8. The maximum Gasteiger partial charge on any atom is 0.230 e. The summed E-state index contributed by atoms with van der Waals surface area (Å²) < 4.78 is 0. The van der Waals surface area contributed by atoms with E-state index in [4.69, 9.17) is 0 Å². The van der Waals surface area contributed by atoms with Crippen molar-refractivity contribution in [2.24, 2.45) is 0 Å². The summed E-state index contributed by atoms with van der Waals surface area (Å²) in [6, 6.07) is 9.69. The normalized spacial score (nSPS) is 12.1. The molecule has 0 spiro atoms. The summed E-state index contributed by atoms with van der Waals surface area (Å²) in [7, 11) is 0. The number of rotatable bonds is 7. The van der Waals surface area contributed by atoms with Crippen LogP contribution in [0.2, 0.25) is 0 Å². The summed E-state index contributed by atoms with van der Waals surface area (Å²) >= 11 is 1.26. The zero-order valence-corrected chi connectivity index (χ0v) is 12.6. The van der Waals surface area contributed by atoms with Crippen molar-refractivity contribution in [3.05, 3.63) is 41.7 Å². The molecule has 0 aliphatic rings. The average molecular weight is 306 g/mol. The van der Waals surface area contributed by atoms with Crippen molar-refractivity contribution in [2.75, 3.05) is 12.3 Å². The van der Waals surface area contributed by atoms with E-state index in [9.17, 15) is 9.90 Å². The first-order valence-corrected chi connectivity index (χ1v) is 7.62. The Bertz CT molecular complexity index is 573. The topological polar surface area (TPSA) is 90.9 Å². The van der Waals surface area contributed by atoms with Gasteiger partial charge in [0.05, 0.1) is 11.9 Å². The van der Waals surface area contributed by atoms with Gasteiger partial charge in [0, 0.05) is 13.0 Å². The van der Waals surface area contributed by atoms with Gasteiger partial charge in [0.2, 0.25) is 11.1 Å². The van der Waals surface area contributed by atoms with Gasteiger partial charge in [0.15, 0.2) is 0 Å². The summed E-state index contributed by atoms with van der Waals surface area (Å²) in [6.45, 7) is 2.04. The van der Waals surface area contributed by atoms with E-state index in [2.05, 4.69) is 20.5 Å². The highest BCUT2D eigenvalue weighted by molar-refractivity contribution is 7.99. The fourth-order valence-corrected chi connectivity index (χ4v) is 2.43. The van der Waals surface area contributed by atoms with Crippen LogP contribution in [0.25, 0.3) is 0 Å². The van der Waals surface area contributed by atoms with Crippen molar-refractivity contribution >= 4 is 17.7 Å². The van der Waals surface area contributed by atoms with Crippen molar-refractivity contribution < 1.29 is 9.90 Å². The van der Waals surface area contributed by atoms with Gasteiger partial charge in [-0.25, -0.2) is 4.98 Å². The number of hydrogen-bond donors (Lipinski definition) is 3. The van der Waals surface area contributed by atoms with E-state index >= 15 is 0 Å². The molecule has 0 unspecified atom stereocenters. The number of hydrogen-bond acceptors (Lipinski definition) is 5. The lowest BCUT2D eigenvalue weighted by Crippen LogP contribution is -2.34. The number of nitrogens with one attached hydrogen (secondary N) is 2. The minimum Gasteiger partial charge on any atom is -0.391 e. The van der Waals surface area contributed by atoms with Crippen LogP contribution in [0.15, 0.2) is 35.5 Å². The van der Waals surface area contributed by atoms with Gasteiger partial charge in [-0.2, -0.15) is 0 Å². The van der Waals surface area contributed by atoms with Crippen LogP contribution in [-0.2, 0) is 11.2 Å². The van der Waals surface area contributed by atoms with E-state index in [0.717, 1.165) is 11.4 Å². The Labute approximate surface area is 127 Å². The van der Waals surface area contributed by atoms with Crippen molar-refractivity contribution in [1.82, 2.24) is 20.5 Å². The van der Waals surface area contributed by atoms with Gasteiger partial charge >= 0.3 is 0 Å². The molecule has 0 saturated heterocycles. The fraction of sp³-hybridized carbons (Fsp3) is 0.357. The van der Waals surface area contributed by atoms with Crippen molar-refractivity contribution in [3.8, 4) is 0 Å². The average Bonchev–Trinajstić information content (AvgIpc) is 2.90. The third kappa shape index (κ3) is 5.57. The van der Waals surface area contributed by atoms with E-state index in [1.807, 2.05) is 30.3 Å². The van der Waals surface area contributed by atoms with Crippen LogP contribution in [-0.4, -0.2) is 44.6 Å². The highest BCUT2D eigenvalue weighted by atomic mass is 32.2. The molecule has 0 aliphatic carbocycles. The number of thioether (sulfide) groups is 1. The fourth-order valence-electron chi connectivity index (χ4n) is 1.76. The highest BCUT2D eigenvalue weighted by Gasteiger charge is 2.09. The molecule has 2 rings (SSSR count). The van der Waals surface area contributed by atoms with E-state index < -0.39 is 6.10 Å². The Morgan fingerprint density at radius 2 is 2.19 bits per heavy atom. The van der Waals surface area contributed by atoms with Gasteiger partial charge in [0.1, 0.15) is 5.82 Å². The van der Waals surface area contributed by atoms with Crippen molar-refractivity contribution in [1.29, 1.82) is 0 Å². The van der Waals surface area contributed by atoms with E-state index in [-0.39, 0.29) is 18.2 Å². The molecular formula is C14H18N4O2S. The molecule has 0 bridgehead atoms. The van der Waals surface area contributed by atoms with Crippen LogP contribution in [0, 0.1) is 6.92 Å². The maximum absolute atomic E-state index is 11.7. The Morgan fingerprint density at radius 3 is 2.86 bits per heavy atom. The molecule has 7 heteroatoms. The number of amides is 1. The Morgan fingerprint density at radius 1 is 1.43 bits per heavy atom. The number of carbonyl (C=O) groups excluding carboxylic acids is 1. The number of aliphatic hydroxyl groups excluding tert-OH is 1. The van der Waals surface area contributed by atoms with Gasteiger partial charge in [-0.3, -0.25) is 9.89 Å². The van der Waals surface area contributed by atoms with Gasteiger partial charge in [-0.15, -0.1) is 5.10 Å². The summed E-state index contributed by atoms with van der Waals surface area (Å²) in [4.78, 5) is 15.8. The van der Waals surface area contributed by atoms with Crippen molar-refractivity contribution in [2.45, 2.75) is 24.6 Å². The first-order valence-electron chi connectivity index (χ1n) is 6.64. The zero-order valence-electron chi connectivity index (χ0n) is 11.7. The molecule has 6 nitrogen and oxygen atoms in total.